The summed E-state index contributed by atoms with van der Waals surface area (Å²) in [5.41, 5.74) is 0.208. The first-order valence-corrected chi connectivity index (χ1v) is 9.94. The Bertz CT molecular complexity index is 569. The second kappa shape index (κ2) is 8.76. The Morgan fingerprint density at radius 2 is 2.17 bits per heavy atom. The van der Waals surface area contributed by atoms with Gasteiger partial charge in [0.25, 0.3) is 0 Å². The van der Waals surface area contributed by atoms with Crippen LogP contribution in [0.5, 0.6) is 0 Å². The minimum absolute atomic E-state index is 0.234. The Hall–Kier alpha value is -1.21. The molecule has 1 aromatic heterocycles. The first-order valence-electron chi connectivity index (χ1n) is 8.70. The molecule has 0 amide bonds. The molecule has 1 aromatic rings. The third-order valence-corrected chi connectivity index (χ3v) is 5.70. The molecule has 1 saturated carbocycles. The van der Waals surface area contributed by atoms with Crippen molar-refractivity contribution in [2.24, 2.45) is 5.41 Å². The first kappa shape index (κ1) is 19.1. The van der Waals surface area contributed by atoms with Crippen molar-refractivity contribution in [2.75, 3.05) is 12.4 Å². The molecule has 2 rings (SSSR count). The van der Waals surface area contributed by atoms with Gasteiger partial charge in [-0.15, -0.1) is 0 Å². The third kappa shape index (κ3) is 5.14. The molecule has 1 heterocycles. The van der Waals surface area contributed by atoms with Gasteiger partial charge in [0.15, 0.2) is 0 Å². The monoisotopic (exact) mass is 355 g/mol. The molecular formula is C17H27N2O4S-. The number of hydrogen-bond donors (Lipinski definition) is 0. The molecule has 1 aliphatic carbocycles. The summed E-state index contributed by atoms with van der Waals surface area (Å²) in [6.45, 7) is 4.11. The Labute approximate surface area is 146 Å². The van der Waals surface area contributed by atoms with Gasteiger partial charge in [0.2, 0.25) is 0 Å². The molecule has 1 fully saturated rings. The maximum Gasteiger partial charge on any atom is 0.312 e. The lowest BCUT2D eigenvalue weighted by Crippen LogP contribution is -2.36. The second-order valence-corrected chi connectivity index (χ2v) is 7.75. The summed E-state index contributed by atoms with van der Waals surface area (Å²) in [6, 6.07) is 0. The lowest BCUT2D eigenvalue weighted by atomic mass is 9.85. The van der Waals surface area contributed by atoms with E-state index in [2.05, 4.69) is 5.10 Å². The molecule has 6 nitrogen and oxygen atoms in total. The molecule has 136 valence electrons. The van der Waals surface area contributed by atoms with Crippen molar-refractivity contribution in [1.82, 2.24) is 9.78 Å². The van der Waals surface area contributed by atoms with Crippen LogP contribution in [0.4, 0.5) is 0 Å². The molecule has 0 aromatic carbocycles. The van der Waals surface area contributed by atoms with Crippen LogP contribution in [-0.4, -0.2) is 36.9 Å². The van der Waals surface area contributed by atoms with E-state index in [1.54, 1.807) is 13.8 Å². The van der Waals surface area contributed by atoms with Crippen LogP contribution in [0.15, 0.2) is 12.4 Å². The lowest BCUT2D eigenvalue weighted by molar-refractivity contribution is -0.153. The van der Waals surface area contributed by atoms with Gasteiger partial charge in [0.1, 0.15) is 0 Å². The fraction of sp³-hybridized carbons (Fsp3) is 0.765. The number of aromatic nitrogens is 2. The number of aryl methyl sites for hydroxylation is 1. The highest BCUT2D eigenvalue weighted by atomic mass is 32.2. The largest absolute Gasteiger partial charge is 0.772 e. The Balaban J connectivity index is 1.99. The van der Waals surface area contributed by atoms with E-state index in [9.17, 15) is 13.6 Å². The number of carbonyl (C=O) groups excluding carboxylic acids is 1. The average Bonchev–Trinajstić information content (AvgIpc) is 3.02. The van der Waals surface area contributed by atoms with Crippen molar-refractivity contribution in [1.29, 1.82) is 0 Å². The Morgan fingerprint density at radius 3 is 2.79 bits per heavy atom. The quantitative estimate of drug-likeness (QED) is 0.529. The smallest absolute Gasteiger partial charge is 0.312 e. The zero-order chi connectivity index (χ0) is 17.6. The van der Waals surface area contributed by atoms with Crippen LogP contribution in [0.3, 0.4) is 0 Å². The highest BCUT2D eigenvalue weighted by Crippen LogP contribution is 2.32. The summed E-state index contributed by atoms with van der Waals surface area (Å²) < 4.78 is 29.1. The van der Waals surface area contributed by atoms with Gasteiger partial charge in [-0.3, -0.25) is 13.7 Å². The van der Waals surface area contributed by atoms with E-state index in [0.29, 0.717) is 18.9 Å². The van der Waals surface area contributed by atoms with Gasteiger partial charge in [0, 0.05) is 18.5 Å². The lowest BCUT2D eigenvalue weighted by Gasteiger charge is -2.28. The number of carbonyl (C=O) groups is 1. The molecule has 7 heteroatoms. The molecule has 0 saturated heterocycles. The molecule has 0 N–H and O–H groups in total. The fourth-order valence-corrected chi connectivity index (χ4v) is 4.09. The summed E-state index contributed by atoms with van der Waals surface area (Å²) in [4.78, 5) is 12.1. The van der Waals surface area contributed by atoms with Crippen LogP contribution < -0.4 is 0 Å². The van der Waals surface area contributed by atoms with Crippen molar-refractivity contribution in [2.45, 2.75) is 64.8 Å². The zero-order valence-corrected chi connectivity index (χ0v) is 15.3. The van der Waals surface area contributed by atoms with Crippen molar-refractivity contribution in [3.63, 3.8) is 0 Å². The average molecular weight is 355 g/mol. The van der Waals surface area contributed by atoms with Crippen LogP contribution in [0.2, 0.25) is 0 Å². The molecule has 2 atom stereocenters. The standard InChI is InChI=1S/C17H28N2O4S/c1-3-23-16(20)17(2,13-24(21)22)9-10-19-12-15(11-18-19)14-7-5-4-6-8-14/h11-12,14H,3-10,13H2,1-2H3,(H,21,22)/p-1. The summed E-state index contributed by atoms with van der Waals surface area (Å²) >= 11 is -2.30. The number of nitrogens with zero attached hydrogens (tertiary/aromatic N) is 2. The SMILES string of the molecule is CCOC(=O)C(C)(CCn1cc(C2CCCCC2)cn1)CS(=O)[O-]. The molecule has 0 aliphatic heterocycles. The van der Waals surface area contributed by atoms with Crippen LogP contribution in [-0.2, 0) is 27.2 Å². The minimum Gasteiger partial charge on any atom is -0.772 e. The number of esters is 1. The highest BCUT2D eigenvalue weighted by molar-refractivity contribution is 7.79. The van der Waals surface area contributed by atoms with Crippen molar-refractivity contribution < 1.29 is 18.3 Å². The van der Waals surface area contributed by atoms with Gasteiger partial charge in [-0.2, -0.15) is 5.10 Å². The number of rotatable bonds is 8. The second-order valence-electron chi connectivity index (χ2n) is 6.85. The van der Waals surface area contributed by atoms with E-state index in [-0.39, 0.29) is 12.4 Å². The minimum atomic E-state index is -2.30. The normalized spacial score (nSPS) is 19.6. The van der Waals surface area contributed by atoms with Gasteiger partial charge in [-0.1, -0.05) is 30.3 Å². The van der Waals surface area contributed by atoms with E-state index < -0.39 is 22.5 Å². The summed E-state index contributed by atoms with van der Waals surface area (Å²) in [6.07, 6.45) is 10.6. The van der Waals surface area contributed by atoms with Crippen molar-refractivity contribution >= 4 is 17.0 Å². The predicted octanol–water partition coefficient (Wildman–Crippen LogP) is 2.77. The molecular weight excluding hydrogens is 328 g/mol. The topological polar surface area (TPSA) is 84.2 Å². The van der Waals surface area contributed by atoms with Gasteiger partial charge in [-0.05, 0) is 44.6 Å². The van der Waals surface area contributed by atoms with E-state index in [1.807, 2.05) is 17.1 Å². The van der Waals surface area contributed by atoms with Gasteiger partial charge < -0.3 is 9.29 Å². The van der Waals surface area contributed by atoms with Crippen LogP contribution in [0.1, 0.15) is 63.9 Å². The van der Waals surface area contributed by atoms with E-state index in [1.165, 1.54) is 37.7 Å². The van der Waals surface area contributed by atoms with Crippen molar-refractivity contribution in [3.8, 4) is 0 Å². The Morgan fingerprint density at radius 1 is 1.46 bits per heavy atom. The molecule has 2 unspecified atom stereocenters. The Kier molecular flexibility index (Phi) is 6.98. The van der Waals surface area contributed by atoms with Crippen LogP contribution in [0.25, 0.3) is 0 Å². The van der Waals surface area contributed by atoms with Crippen LogP contribution >= 0.6 is 0 Å². The first-order chi connectivity index (χ1) is 11.4. The van der Waals surface area contributed by atoms with Gasteiger partial charge in [-0.25, -0.2) is 0 Å². The molecule has 24 heavy (non-hydrogen) atoms. The zero-order valence-electron chi connectivity index (χ0n) is 14.5. The summed E-state index contributed by atoms with van der Waals surface area (Å²) in [5.74, 6) is -0.116. The highest BCUT2D eigenvalue weighted by Gasteiger charge is 2.35. The van der Waals surface area contributed by atoms with E-state index in [0.717, 1.165) is 0 Å². The van der Waals surface area contributed by atoms with E-state index >= 15 is 0 Å². The summed E-state index contributed by atoms with van der Waals surface area (Å²) in [7, 11) is 0. The fourth-order valence-electron chi connectivity index (χ4n) is 3.31. The molecule has 0 spiro atoms. The van der Waals surface area contributed by atoms with E-state index in [4.69, 9.17) is 4.74 Å². The summed E-state index contributed by atoms with van der Waals surface area (Å²) in [5, 5.41) is 4.39. The molecule has 1 aliphatic rings. The molecule has 0 radical (unpaired) electrons. The van der Waals surface area contributed by atoms with Gasteiger partial charge >= 0.3 is 5.97 Å². The van der Waals surface area contributed by atoms with Crippen LogP contribution in [0, 0.1) is 5.41 Å². The predicted molar refractivity (Wildman–Crippen MR) is 91.2 cm³/mol. The third-order valence-electron chi connectivity index (χ3n) is 4.83. The number of hydrogen-bond acceptors (Lipinski definition) is 5. The maximum absolute atomic E-state index is 12.1. The van der Waals surface area contributed by atoms with Gasteiger partial charge in [0.05, 0.1) is 18.2 Å². The molecule has 0 bridgehead atoms. The maximum atomic E-state index is 12.1. The van der Waals surface area contributed by atoms with Crippen molar-refractivity contribution in [3.05, 3.63) is 18.0 Å². The number of ether oxygens (including phenoxy) is 1.